The molecule has 0 saturated heterocycles. The number of hydrogen-bond acceptors (Lipinski definition) is 5. The molecule has 0 radical (unpaired) electrons. The molecule has 138 valence electrons. The van der Waals surface area contributed by atoms with Gasteiger partial charge in [0.15, 0.2) is 11.4 Å². The molecule has 1 aromatic carbocycles. The van der Waals surface area contributed by atoms with Crippen molar-refractivity contribution in [2.24, 2.45) is 0 Å². The predicted molar refractivity (Wildman–Crippen MR) is 101 cm³/mol. The molecule has 0 spiro atoms. The molecular formula is C21H24O5. The Morgan fingerprint density at radius 3 is 2.62 bits per heavy atom. The number of benzene rings is 1. The van der Waals surface area contributed by atoms with E-state index in [4.69, 9.17) is 9.15 Å². The number of ether oxygens (including phenoxy) is 1. The Morgan fingerprint density at radius 2 is 1.96 bits per heavy atom. The van der Waals surface area contributed by atoms with Crippen LogP contribution in [-0.4, -0.2) is 16.5 Å². The van der Waals surface area contributed by atoms with Crippen molar-refractivity contribution in [2.45, 2.75) is 59.0 Å². The number of phenols is 1. The van der Waals surface area contributed by atoms with Gasteiger partial charge in [0.05, 0.1) is 10.9 Å². The summed E-state index contributed by atoms with van der Waals surface area (Å²) in [6.45, 7) is 7.64. The van der Waals surface area contributed by atoms with E-state index in [1.54, 1.807) is 0 Å². The van der Waals surface area contributed by atoms with Crippen LogP contribution in [-0.2, 0) is 6.42 Å². The highest BCUT2D eigenvalue weighted by molar-refractivity contribution is 6.10. The van der Waals surface area contributed by atoms with Gasteiger partial charge in [0.25, 0.3) is 0 Å². The van der Waals surface area contributed by atoms with Gasteiger partial charge in [-0.05, 0) is 44.4 Å². The minimum absolute atomic E-state index is 0.157. The number of aromatic hydroxyl groups is 1. The van der Waals surface area contributed by atoms with Crippen LogP contribution in [0.5, 0.6) is 11.5 Å². The zero-order valence-corrected chi connectivity index (χ0v) is 15.6. The molecule has 0 amide bonds. The van der Waals surface area contributed by atoms with Crippen LogP contribution >= 0.6 is 0 Å². The zero-order chi connectivity index (χ0) is 19.1. The molecule has 2 heterocycles. The molecule has 1 N–H and O–H groups in total. The van der Waals surface area contributed by atoms with Gasteiger partial charge in [-0.2, -0.15) is 0 Å². The van der Waals surface area contributed by atoms with Gasteiger partial charge in [0, 0.05) is 12.5 Å². The Labute approximate surface area is 152 Å². The molecule has 3 rings (SSSR count). The van der Waals surface area contributed by atoms with Crippen LogP contribution in [0.15, 0.2) is 21.4 Å². The Bertz CT molecular complexity index is 963. The number of rotatable bonds is 5. The van der Waals surface area contributed by atoms with Gasteiger partial charge in [-0.1, -0.05) is 20.3 Å². The lowest BCUT2D eigenvalue weighted by molar-refractivity contribution is 0.0965. The van der Waals surface area contributed by atoms with Crippen LogP contribution in [0.3, 0.4) is 0 Å². The van der Waals surface area contributed by atoms with Gasteiger partial charge in [0.2, 0.25) is 0 Å². The summed E-state index contributed by atoms with van der Waals surface area (Å²) in [6.07, 6.45) is 6.03. The van der Waals surface area contributed by atoms with E-state index in [1.807, 2.05) is 39.8 Å². The third kappa shape index (κ3) is 3.02. The lowest BCUT2D eigenvalue weighted by Crippen LogP contribution is -2.29. The fraction of sp³-hybridized carbons (Fsp3) is 0.429. The Morgan fingerprint density at radius 1 is 1.23 bits per heavy atom. The first-order chi connectivity index (χ1) is 12.3. The number of aryl methyl sites for hydroxylation is 1. The molecule has 0 saturated carbocycles. The van der Waals surface area contributed by atoms with E-state index in [9.17, 15) is 14.7 Å². The van der Waals surface area contributed by atoms with Crippen molar-refractivity contribution in [1.82, 2.24) is 0 Å². The minimum Gasteiger partial charge on any atom is -0.506 e. The first-order valence-electron chi connectivity index (χ1n) is 9.06. The van der Waals surface area contributed by atoms with Gasteiger partial charge in [0.1, 0.15) is 22.7 Å². The van der Waals surface area contributed by atoms with Gasteiger partial charge >= 0.3 is 5.63 Å². The number of carbonyl (C=O) groups is 1. The largest absolute Gasteiger partial charge is 0.506 e. The molecule has 1 aliphatic rings. The van der Waals surface area contributed by atoms with Crippen molar-refractivity contribution in [3.8, 4) is 11.5 Å². The molecule has 0 bridgehead atoms. The van der Waals surface area contributed by atoms with Crippen LogP contribution in [0.25, 0.3) is 17.0 Å². The van der Waals surface area contributed by atoms with Crippen molar-refractivity contribution < 1.29 is 19.1 Å². The highest BCUT2D eigenvalue weighted by atomic mass is 16.5. The van der Waals surface area contributed by atoms with Gasteiger partial charge in [-0.3, -0.25) is 4.79 Å². The lowest BCUT2D eigenvalue weighted by atomic mass is 9.91. The van der Waals surface area contributed by atoms with E-state index in [2.05, 4.69) is 0 Å². The number of Topliss-reactive ketones (excluding diaryl/α,β-unsaturated/α-hetero) is 1. The molecule has 1 aromatic heterocycles. The average Bonchev–Trinajstić information content (AvgIpc) is 2.54. The van der Waals surface area contributed by atoms with E-state index in [1.165, 1.54) is 6.07 Å². The van der Waals surface area contributed by atoms with E-state index in [0.717, 1.165) is 6.42 Å². The highest BCUT2D eigenvalue weighted by Gasteiger charge is 2.32. The summed E-state index contributed by atoms with van der Waals surface area (Å²) < 4.78 is 11.4. The van der Waals surface area contributed by atoms with Crippen molar-refractivity contribution in [1.29, 1.82) is 0 Å². The molecular weight excluding hydrogens is 332 g/mol. The summed E-state index contributed by atoms with van der Waals surface area (Å²) >= 11 is 0. The monoisotopic (exact) mass is 356 g/mol. The number of ketones is 1. The quantitative estimate of drug-likeness (QED) is 0.625. The molecule has 5 heteroatoms. The third-order valence-corrected chi connectivity index (χ3v) is 4.52. The lowest BCUT2D eigenvalue weighted by Gasteiger charge is -2.30. The van der Waals surface area contributed by atoms with Gasteiger partial charge < -0.3 is 14.3 Å². The van der Waals surface area contributed by atoms with Crippen LogP contribution in [0, 0.1) is 0 Å². The van der Waals surface area contributed by atoms with Gasteiger partial charge in [-0.15, -0.1) is 0 Å². The number of hydrogen-bond donors (Lipinski definition) is 1. The fourth-order valence-electron chi connectivity index (χ4n) is 3.38. The van der Waals surface area contributed by atoms with Crippen molar-refractivity contribution in [3.63, 3.8) is 0 Å². The van der Waals surface area contributed by atoms with Crippen LogP contribution in [0.1, 0.15) is 68.4 Å². The predicted octanol–water partition coefficient (Wildman–Crippen LogP) is 4.62. The summed E-state index contributed by atoms with van der Waals surface area (Å²) in [5.41, 5.74) is 0.560. The zero-order valence-electron chi connectivity index (χ0n) is 15.6. The second kappa shape index (κ2) is 6.63. The third-order valence-electron chi connectivity index (χ3n) is 4.52. The fourth-order valence-corrected chi connectivity index (χ4v) is 3.38. The van der Waals surface area contributed by atoms with Crippen molar-refractivity contribution >= 4 is 22.8 Å². The number of fused-ring (bicyclic) bond motifs is 3. The summed E-state index contributed by atoms with van der Waals surface area (Å²) in [7, 11) is 0. The molecule has 0 atom stereocenters. The van der Waals surface area contributed by atoms with Crippen molar-refractivity contribution in [3.05, 3.63) is 39.3 Å². The first-order valence-corrected chi connectivity index (χ1v) is 9.06. The first kappa shape index (κ1) is 18.2. The van der Waals surface area contributed by atoms with E-state index in [0.29, 0.717) is 35.8 Å². The SMILES string of the molecule is CCCC(=O)c1c2c(c3oc(=O)cc(CCC)c3c1O)C=CC(C)(C)O2. The normalized spacial score (nSPS) is 14.9. The highest BCUT2D eigenvalue weighted by Crippen LogP contribution is 2.46. The summed E-state index contributed by atoms with van der Waals surface area (Å²) in [4.78, 5) is 24.8. The molecule has 0 fully saturated rings. The molecule has 0 aliphatic carbocycles. The average molecular weight is 356 g/mol. The minimum atomic E-state index is -0.629. The van der Waals surface area contributed by atoms with Gasteiger partial charge in [-0.25, -0.2) is 4.79 Å². The van der Waals surface area contributed by atoms with Crippen molar-refractivity contribution in [2.75, 3.05) is 0 Å². The molecule has 5 nitrogen and oxygen atoms in total. The smallest absolute Gasteiger partial charge is 0.336 e. The maximum absolute atomic E-state index is 12.8. The van der Waals surface area contributed by atoms with Crippen LogP contribution < -0.4 is 10.4 Å². The van der Waals surface area contributed by atoms with E-state index >= 15 is 0 Å². The molecule has 26 heavy (non-hydrogen) atoms. The Kier molecular flexibility index (Phi) is 4.65. The molecule has 1 aliphatic heterocycles. The number of phenolic OH excluding ortho intramolecular Hbond substituents is 1. The van der Waals surface area contributed by atoms with Crippen LogP contribution in [0.4, 0.5) is 0 Å². The topological polar surface area (TPSA) is 76.7 Å². The standard InChI is InChI=1S/C21H24O5/c1-5-7-12-11-15(23)25-19-13-9-10-21(3,4)26-20(13)17(14(22)8-6-2)18(24)16(12)19/h9-11,24H,5-8H2,1-4H3. The summed E-state index contributed by atoms with van der Waals surface area (Å²) in [5, 5.41) is 11.4. The maximum Gasteiger partial charge on any atom is 0.336 e. The second-order valence-corrected chi connectivity index (χ2v) is 7.22. The maximum atomic E-state index is 12.8. The molecule has 0 unspecified atom stereocenters. The van der Waals surface area contributed by atoms with E-state index in [-0.39, 0.29) is 28.4 Å². The van der Waals surface area contributed by atoms with E-state index < -0.39 is 11.2 Å². The molecule has 2 aromatic rings. The Balaban J connectivity index is 2.46. The summed E-state index contributed by atoms with van der Waals surface area (Å²) in [6, 6.07) is 1.39. The summed E-state index contributed by atoms with van der Waals surface area (Å²) in [5.74, 6) is -0.0452. The van der Waals surface area contributed by atoms with Crippen LogP contribution in [0.2, 0.25) is 0 Å². The second-order valence-electron chi connectivity index (χ2n) is 7.22. The number of carbonyl (C=O) groups excluding carboxylic acids is 1. The Hall–Kier alpha value is -2.56.